The Balaban J connectivity index is 2.71. The molecule has 0 heterocycles. The SMILES string of the molecule is CCOC(=O)C1C(C=C(C)C)C1C(=O)OCC. The molecule has 1 aliphatic carbocycles. The van der Waals surface area contributed by atoms with E-state index in [2.05, 4.69) is 0 Å². The van der Waals surface area contributed by atoms with Crippen molar-refractivity contribution in [3.63, 3.8) is 0 Å². The van der Waals surface area contributed by atoms with Crippen LogP contribution in [0.25, 0.3) is 0 Å². The molecule has 4 nitrogen and oxygen atoms in total. The van der Waals surface area contributed by atoms with Crippen LogP contribution in [-0.4, -0.2) is 25.2 Å². The van der Waals surface area contributed by atoms with Gasteiger partial charge in [0.1, 0.15) is 0 Å². The molecule has 0 aliphatic heterocycles. The predicted octanol–water partition coefficient (Wildman–Crippen LogP) is 1.94. The summed E-state index contributed by atoms with van der Waals surface area (Å²) in [6.07, 6.45) is 1.95. The maximum Gasteiger partial charge on any atom is 0.310 e. The fourth-order valence-electron chi connectivity index (χ4n) is 2.01. The van der Waals surface area contributed by atoms with Gasteiger partial charge in [0, 0.05) is 5.92 Å². The highest BCUT2D eigenvalue weighted by Gasteiger charge is 2.59. The van der Waals surface area contributed by atoms with Gasteiger partial charge in [0.05, 0.1) is 25.0 Å². The molecule has 1 aliphatic rings. The lowest BCUT2D eigenvalue weighted by molar-refractivity contribution is -0.150. The molecule has 0 N–H and O–H groups in total. The molecule has 4 heteroatoms. The first-order valence-corrected chi connectivity index (χ1v) is 6.01. The Hall–Kier alpha value is -1.32. The molecular formula is C13H20O4. The first kappa shape index (κ1) is 13.7. The number of hydrogen-bond acceptors (Lipinski definition) is 4. The lowest BCUT2D eigenvalue weighted by Gasteiger charge is -2.00. The van der Waals surface area contributed by atoms with Gasteiger partial charge in [-0.2, -0.15) is 0 Å². The van der Waals surface area contributed by atoms with Gasteiger partial charge >= 0.3 is 11.9 Å². The fourth-order valence-corrected chi connectivity index (χ4v) is 2.01. The second-order valence-corrected chi connectivity index (χ2v) is 4.38. The van der Waals surface area contributed by atoms with E-state index in [-0.39, 0.29) is 29.7 Å². The maximum atomic E-state index is 11.7. The maximum absolute atomic E-state index is 11.7. The molecule has 0 spiro atoms. The van der Waals surface area contributed by atoms with E-state index in [4.69, 9.17) is 9.47 Å². The molecule has 0 saturated heterocycles. The van der Waals surface area contributed by atoms with Gasteiger partial charge in [-0.25, -0.2) is 0 Å². The summed E-state index contributed by atoms with van der Waals surface area (Å²) in [7, 11) is 0. The smallest absolute Gasteiger partial charge is 0.310 e. The lowest BCUT2D eigenvalue weighted by atomic mass is 10.2. The molecule has 0 bridgehead atoms. The van der Waals surface area contributed by atoms with Gasteiger partial charge < -0.3 is 9.47 Å². The minimum atomic E-state index is -0.358. The van der Waals surface area contributed by atoms with Crippen LogP contribution in [0.3, 0.4) is 0 Å². The van der Waals surface area contributed by atoms with Gasteiger partial charge in [-0.3, -0.25) is 9.59 Å². The van der Waals surface area contributed by atoms with E-state index >= 15 is 0 Å². The third kappa shape index (κ3) is 3.32. The summed E-state index contributed by atoms with van der Waals surface area (Å²) in [5.41, 5.74) is 1.09. The van der Waals surface area contributed by atoms with Crippen LogP contribution >= 0.6 is 0 Å². The zero-order chi connectivity index (χ0) is 13.0. The average molecular weight is 240 g/mol. The minimum Gasteiger partial charge on any atom is -0.466 e. The van der Waals surface area contributed by atoms with E-state index < -0.39 is 0 Å². The van der Waals surface area contributed by atoms with Gasteiger partial charge in [-0.15, -0.1) is 0 Å². The standard InChI is InChI=1S/C13H20O4/c1-5-16-12(14)10-9(7-8(3)4)11(10)13(15)17-6-2/h7,9-11H,5-6H2,1-4H3. The Morgan fingerprint density at radius 1 is 1.00 bits per heavy atom. The molecule has 17 heavy (non-hydrogen) atoms. The summed E-state index contributed by atoms with van der Waals surface area (Å²) in [5.74, 6) is -1.37. The largest absolute Gasteiger partial charge is 0.466 e. The van der Waals surface area contributed by atoms with Crippen LogP contribution in [-0.2, 0) is 19.1 Å². The number of carbonyl (C=O) groups is 2. The van der Waals surface area contributed by atoms with E-state index in [1.807, 2.05) is 19.9 Å². The summed E-state index contributed by atoms with van der Waals surface area (Å²) >= 11 is 0. The van der Waals surface area contributed by atoms with Crippen LogP contribution in [0, 0.1) is 17.8 Å². The van der Waals surface area contributed by atoms with Crippen molar-refractivity contribution in [1.29, 1.82) is 0 Å². The van der Waals surface area contributed by atoms with Crippen molar-refractivity contribution in [1.82, 2.24) is 0 Å². The summed E-state index contributed by atoms with van der Waals surface area (Å²) in [5, 5.41) is 0. The number of allylic oxidation sites excluding steroid dienone is 2. The number of carbonyl (C=O) groups excluding carboxylic acids is 2. The Morgan fingerprint density at radius 3 is 1.71 bits per heavy atom. The van der Waals surface area contributed by atoms with Crippen LogP contribution in [0.1, 0.15) is 27.7 Å². The third-order valence-corrected chi connectivity index (χ3v) is 2.72. The highest BCUT2D eigenvalue weighted by atomic mass is 16.5. The Kier molecular flexibility index (Phi) is 4.73. The van der Waals surface area contributed by atoms with E-state index in [1.54, 1.807) is 13.8 Å². The van der Waals surface area contributed by atoms with Crippen molar-refractivity contribution in [2.45, 2.75) is 27.7 Å². The third-order valence-electron chi connectivity index (χ3n) is 2.72. The van der Waals surface area contributed by atoms with E-state index in [0.717, 1.165) is 5.57 Å². The summed E-state index contributed by atoms with van der Waals surface area (Å²) in [4.78, 5) is 23.3. The van der Waals surface area contributed by atoms with E-state index in [9.17, 15) is 9.59 Å². The zero-order valence-electron chi connectivity index (χ0n) is 10.9. The normalized spacial score (nSPS) is 26.0. The molecule has 0 aromatic heterocycles. The van der Waals surface area contributed by atoms with Crippen molar-refractivity contribution >= 4 is 11.9 Å². The van der Waals surface area contributed by atoms with Gasteiger partial charge in [0.25, 0.3) is 0 Å². The quantitative estimate of drug-likeness (QED) is 0.544. The van der Waals surface area contributed by atoms with Crippen molar-refractivity contribution in [3.8, 4) is 0 Å². The molecule has 0 radical (unpaired) electrons. The molecule has 96 valence electrons. The van der Waals surface area contributed by atoms with Crippen molar-refractivity contribution in [2.24, 2.45) is 17.8 Å². The van der Waals surface area contributed by atoms with Crippen LogP contribution < -0.4 is 0 Å². The number of esters is 2. The molecule has 1 fully saturated rings. The molecule has 1 saturated carbocycles. The summed E-state index contributed by atoms with van der Waals surface area (Å²) < 4.78 is 9.92. The number of rotatable bonds is 5. The molecule has 0 aromatic carbocycles. The van der Waals surface area contributed by atoms with Crippen molar-refractivity contribution in [2.75, 3.05) is 13.2 Å². The topological polar surface area (TPSA) is 52.6 Å². The molecule has 0 amide bonds. The molecule has 1 rings (SSSR count). The average Bonchev–Trinajstić information content (AvgIpc) is 2.91. The number of ether oxygens (including phenoxy) is 2. The van der Waals surface area contributed by atoms with Crippen LogP contribution in [0.2, 0.25) is 0 Å². The monoisotopic (exact) mass is 240 g/mol. The van der Waals surface area contributed by atoms with Gasteiger partial charge in [-0.1, -0.05) is 11.6 Å². The highest BCUT2D eigenvalue weighted by Crippen LogP contribution is 2.49. The molecular weight excluding hydrogens is 220 g/mol. The summed E-state index contributed by atoms with van der Waals surface area (Å²) in [6.45, 7) is 8.09. The first-order valence-electron chi connectivity index (χ1n) is 6.01. The molecule has 2 atom stereocenters. The first-order chi connectivity index (χ1) is 8.02. The molecule has 0 aromatic rings. The highest BCUT2D eigenvalue weighted by molar-refractivity contribution is 5.89. The van der Waals surface area contributed by atoms with Crippen molar-refractivity contribution in [3.05, 3.63) is 11.6 Å². The number of hydrogen-bond donors (Lipinski definition) is 0. The fraction of sp³-hybridized carbons (Fsp3) is 0.692. The van der Waals surface area contributed by atoms with Crippen molar-refractivity contribution < 1.29 is 19.1 Å². The van der Waals surface area contributed by atoms with Crippen LogP contribution in [0.5, 0.6) is 0 Å². The van der Waals surface area contributed by atoms with E-state index in [0.29, 0.717) is 13.2 Å². The predicted molar refractivity (Wildman–Crippen MR) is 63.2 cm³/mol. The van der Waals surface area contributed by atoms with Gasteiger partial charge in [0.2, 0.25) is 0 Å². The summed E-state index contributed by atoms with van der Waals surface area (Å²) in [6, 6.07) is 0. The second-order valence-electron chi connectivity index (χ2n) is 4.38. The Bertz CT molecular complexity index is 304. The van der Waals surface area contributed by atoms with Gasteiger partial charge in [-0.05, 0) is 27.7 Å². The minimum absolute atomic E-state index is 0.0573. The van der Waals surface area contributed by atoms with E-state index in [1.165, 1.54) is 0 Å². The van der Waals surface area contributed by atoms with Crippen LogP contribution in [0.15, 0.2) is 11.6 Å². The lowest BCUT2D eigenvalue weighted by Crippen LogP contribution is -2.13. The zero-order valence-corrected chi connectivity index (χ0v) is 10.9. The van der Waals surface area contributed by atoms with Crippen LogP contribution in [0.4, 0.5) is 0 Å². The molecule has 2 unspecified atom stereocenters. The Labute approximate surface area is 102 Å². The second kappa shape index (κ2) is 5.84. The van der Waals surface area contributed by atoms with Gasteiger partial charge in [0.15, 0.2) is 0 Å². The Morgan fingerprint density at radius 2 is 1.41 bits per heavy atom.